The van der Waals surface area contributed by atoms with E-state index < -0.39 is 11.9 Å². The van der Waals surface area contributed by atoms with Crippen LogP contribution in [0.25, 0.3) is 0 Å². The van der Waals surface area contributed by atoms with Gasteiger partial charge in [-0.05, 0) is 57.5 Å². The molecule has 0 aromatic carbocycles. The second-order valence-electron chi connectivity index (χ2n) is 5.50. The van der Waals surface area contributed by atoms with Crippen molar-refractivity contribution in [2.45, 2.75) is 19.3 Å². The summed E-state index contributed by atoms with van der Waals surface area (Å²) in [6.45, 7) is 2.76. The number of aromatic carboxylic acids is 1. The normalized spacial score (nSPS) is 16.6. The highest BCUT2D eigenvalue weighted by molar-refractivity contribution is 6.03. The van der Waals surface area contributed by atoms with E-state index in [2.05, 4.69) is 22.2 Å². The number of pyridine rings is 1. The summed E-state index contributed by atoms with van der Waals surface area (Å²) in [7, 11) is 2.12. The molecule has 2 rings (SSSR count). The SMILES string of the molecule is CN1CCC(CCNC(=O)c2ncccc2C(=O)O)CC1. The summed E-state index contributed by atoms with van der Waals surface area (Å²) in [6, 6.07) is 2.90. The first-order chi connectivity index (χ1) is 10.1. The van der Waals surface area contributed by atoms with Crippen molar-refractivity contribution in [2.75, 3.05) is 26.7 Å². The highest BCUT2D eigenvalue weighted by Gasteiger charge is 2.19. The van der Waals surface area contributed by atoms with E-state index in [1.165, 1.54) is 18.3 Å². The first-order valence-electron chi connectivity index (χ1n) is 7.23. The van der Waals surface area contributed by atoms with Gasteiger partial charge in [0.2, 0.25) is 0 Å². The molecule has 2 N–H and O–H groups in total. The Balaban J connectivity index is 1.84. The minimum Gasteiger partial charge on any atom is -0.478 e. The minimum absolute atomic E-state index is 0.0200. The summed E-state index contributed by atoms with van der Waals surface area (Å²) in [5, 5.41) is 11.8. The maximum atomic E-state index is 12.0. The predicted molar refractivity (Wildman–Crippen MR) is 78.4 cm³/mol. The van der Waals surface area contributed by atoms with E-state index >= 15 is 0 Å². The van der Waals surface area contributed by atoms with Gasteiger partial charge in [-0.1, -0.05) is 0 Å². The summed E-state index contributed by atoms with van der Waals surface area (Å²) in [6.07, 6.45) is 4.65. The first kappa shape index (κ1) is 15.4. The molecular formula is C15H21N3O3. The smallest absolute Gasteiger partial charge is 0.338 e. The van der Waals surface area contributed by atoms with E-state index in [0.29, 0.717) is 12.5 Å². The molecule has 1 fully saturated rings. The zero-order valence-corrected chi connectivity index (χ0v) is 12.2. The van der Waals surface area contributed by atoms with E-state index in [1.54, 1.807) is 0 Å². The second-order valence-corrected chi connectivity index (χ2v) is 5.50. The number of carbonyl (C=O) groups is 2. The van der Waals surface area contributed by atoms with Crippen LogP contribution in [0.3, 0.4) is 0 Å². The fraction of sp³-hybridized carbons (Fsp3) is 0.533. The fourth-order valence-electron chi connectivity index (χ4n) is 2.58. The summed E-state index contributed by atoms with van der Waals surface area (Å²) < 4.78 is 0. The largest absolute Gasteiger partial charge is 0.478 e. The van der Waals surface area contributed by atoms with Crippen molar-refractivity contribution in [1.29, 1.82) is 0 Å². The predicted octanol–water partition coefficient (Wildman–Crippen LogP) is 1.24. The number of piperidine rings is 1. The third kappa shape index (κ3) is 4.26. The van der Waals surface area contributed by atoms with Gasteiger partial charge in [0.05, 0.1) is 5.56 Å². The Kier molecular flexibility index (Phi) is 5.27. The van der Waals surface area contributed by atoms with Crippen molar-refractivity contribution in [2.24, 2.45) is 5.92 Å². The lowest BCUT2D eigenvalue weighted by Crippen LogP contribution is -2.33. The van der Waals surface area contributed by atoms with E-state index in [0.717, 1.165) is 32.4 Å². The molecule has 6 nitrogen and oxygen atoms in total. The number of carboxylic acids is 1. The van der Waals surface area contributed by atoms with Crippen LogP contribution in [0.2, 0.25) is 0 Å². The number of nitrogens with zero attached hydrogens (tertiary/aromatic N) is 2. The topological polar surface area (TPSA) is 82.5 Å². The van der Waals surface area contributed by atoms with Crippen LogP contribution in [-0.2, 0) is 0 Å². The number of aromatic nitrogens is 1. The molecular weight excluding hydrogens is 270 g/mol. The van der Waals surface area contributed by atoms with Crippen LogP contribution in [0.15, 0.2) is 18.3 Å². The number of hydrogen-bond acceptors (Lipinski definition) is 4. The van der Waals surface area contributed by atoms with Gasteiger partial charge < -0.3 is 15.3 Å². The van der Waals surface area contributed by atoms with Gasteiger partial charge in [0, 0.05) is 12.7 Å². The molecule has 0 atom stereocenters. The molecule has 0 bridgehead atoms. The van der Waals surface area contributed by atoms with E-state index in [4.69, 9.17) is 5.11 Å². The van der Waals surface area contributed by atoms with Crippen LogP contribution in [0.4, 0.5) is 0 Å². The van der Waals surface area contributed by atoms with Gasteiger partial charge in [0.15, 0.2) is 0 Å². The van der Waals surface area contributed by atoms with Crippen LogP contribution in [-0.4, -0.2) is 53.5 Å². The Bertz CT molecular complexity index is 511. The van der Waals surface area contributed by atoms with E-state index in [1.807, 2.05) is 0 Å². The zero-order valence-electron chi connectivity index (χ0n) is 12.2. The van der Waals surface area contributed by atoms with Crippen molar-refractivity contribution in [3.8, 4) is 0 Å². The Labute approximate surface area is 124 Å². The molecule has 0 saturated carbocycles. The van der Waals surface area contributed by atoms with Crippen LogP contribution >= 0.6 is 0 Å². The van der Waals surface area contributed by atoms with Crippen molar-refractivity contribution in [1.82, 2.24) is 15.2 Å². The van der Waals surface area contributed by atoms with Gasteiger partial charge in [0.1, 0.15) is 5.69 Å². The third-order valence-electron chi connectivity index (χ3n) is 3.93. The number of rotatable bonds is 5. The number of hydrogen-bond donors (Lipinski definition) is 2. The Morgan fingerprint density at radius 3 is 2.81 bits per heavy atom. The maximum Gasteiger partial charge on any atom is 0.338 e. The molecule has 0 aliphatic carbocycles. The summed E-state index contributed by atoms with van der Waals surface area (Å²) >= 11 is 0. The number of carbonyl (C=O) groups excluding carboxylic acids is 1. The van der Waals surface area contributed by atoms with Crippen molar-refractivity contribution < 1.29 is 14.7 Å². The Morgan fingerprint density at radius 1 is 1.43 bits per heavy atom. The monoisotopic (exact) mass is 291 g/mol. The van der Waals surface area contributed by atoms with Gasteiger partial charge in [0.25, 0.3) is 5.91 Å². The number of amides is 1. The summed E-state index contributed by atoms with van der Waals surface area (Å²) in [5.74, 6) is -0.923. The minimum atomic E-state index is -1.14. The lowest BCUT2D eigenvalue weighted by Gasteiger charge is -2.28. The lowest BCUT2D eigenvalue weighted by molar-refractivity contribution is 0.0690. The highest BCUT2D eigenvalue weighted by atomic mass is 16.4. The molecule has 2 heterocycles. The molecule has 114 valence electrons. The maximum absolute atomic E-state index is 12.0. The lowest BCUT2D eigenvalue weighted by atomic mass is 9.94. The molecule has 1 saturated heterocycles. The molecule has 1 amide bonds. The number of likely N-dealkylation sites (tertiary alicyclic amines) is 1. The summed E-state index contributed by atoms with van der Waals surface area (Å²) in [4.78, 5) is 29.3. The van der Waals surface area contributed by atoms with Crippen LogP contribution in [0, 0.1) is 5.92 Å². The molecule has 0 spiro atoms. The standard InChI is InChI=1S/C15H21N3O3/c1-18-9-5-11(6-10-18)4-8-17-14(19)13-12(15(20)21)3-2-7-16-13/h2-3,7,11H,4-6,8-10H2,1H3,(H,17,19)(H,20,21). The van der Waals surface area contributed by atoms with Crippen molar-refractivity contribution in [3.05, 3.63) is 29.6 Å². The fourth-order valence-corrected chi connectivity index (χ4v) is 2.58. The molecule has 0 radical (unpaired) electrons. The number of nitrogens with one attached hydrogen (secondary N) is 1. The van der Waals surface area contributed by atoms with Crippen LogP contribution in [0.5, 0.6) is 0 Å². The molecule has 1 aliphatic rings. The number of carboxylic acid groups (broad SMARTS) is 1. The van der Waals surface area contributed by atoms with Crippen LogP contribution in [0.1, 0.15) is 40.1 Å². The Morgan fingerprint density at radius 2 is 2.14 bits per heavy atom. The first-order valence-corrected chi connectivity index (χ1v) is 7.23. The van der Waals surface area contributed by atoms with Gasteiger partial charge >= 0.3 is 5.97 Å². The van der Waals surface area contributed by atoms with E-state index in [-0.39, 0.29) is 11.3 Å². The van der Waals surface area contributed by atoms with E-state index in [9.17, 15) is 9.59 Å². The van der Waals surface area contributed by atoms with Gasteiger partial charge in [-0.2, -0.15) is 0 Å². The Hall–Kier alpha value is -1.95. The molecule has 6 heteroatoms. The third-order valence-corrected chi connectivity index (χ3v) is 3.93. The molecule has 1 aliphatic heterocycles. The second kappa shape index (κ2) is 7.17. The van der Waals surface area contributed by atoms with Crippen LogP contribution < -0.4 is 5.32 Å². The highest BCUT2D eigenvalue weighted by Crippen LogP contribution is 2.18. The average molecular weight is 291 g/mol. The van der Waals surface area contributed by atoms with Gasteiger partial charge in [-0.25, -0.2) is 4.79 Å². The molecule has 1 aromatic rings. The average Bonchev–Trinajstić information content (AvgIpc) is 2.49. The molecule has 21 heavy (non-hydrogen) atoms. The molecule has 0 unspecified atom stereocenters. The summed E-state index contributed by atoms with van der Waals surface area (Å²) in [5.41, 5.74) is -0.0809. The van der Waals surface area contributed by atoms with Crippen molar-refractivity contribution >= 4 is 11.9 Å². The quantitative estimate of drug-likeness (QED) is 0.853. The van der Waals surface area contributed by atoms with Gasteiger partial charge in [-0.3, -0.25) is 9.78 Å². The molecule has 1 aromatic heterocycles. The van der Waals surface area contributed by atoms with Gasteiger partial charge in [-0.15, -0.1) is 0 Å². The zero-order chi connectivity index (χ0) is 15.2. The van der Waals surface area contributed by atoms with Crippen molar-refractivity contribution in [3.63, 3.8) is 0 Å².